The van der Waals surface area contributed by atoms with E-state index in [1.165, 1.54) is 11.3 Å². The summed E-state index contributed by atoms with van der Waals surface area (Å²) in [5.74, 6) is -0.202. The minimum absolute atomic E-state index is 0.0760. The van der Waals surface area contributed by atoms with Gasteiger partial charge in [-0.3, -0.25) is 4.79 Å². The molecule has 0 saturated heterocycles. The second kappa shape index (κ2) is 7.56. The number of anilines is 1. The third kappa shape index (κ3) is 4.70. The lowest BCUT2D eigenvalue weighted by molar-refractivity contribution is -0.139. The molecule has 0 spiro atoms. The maximum absolute atomic E-state index is 11.9. The minimum Gasteiger partial charge on any atom is -0.425 e. The summed E-state index contributed by atoms with van der Waals surface area (Å²) < 4.78 is 10.0. The summed E-state index contributed by atoms with van der Waals surface area (Å²) in [6.45, 7) is 2.19. The molecule has 0 unspecified atom stereocenters. The standard InChI is InChI=1S/C15H15NO4S/c1-2-19-10-14(17)20-12-7-5-11(6-8-12)16-15(18)13-4-3-9-21-13/h3-9H,2,10H2,1H3,(H,16,18). The molecule has 0 fully saturated rings. The van der Waals surface area contributed by atoms with E-state index in [9.17, 15) is 9.59 Å². The summed E-state index contributed by atoms with van der Waals surface area (Å²) in [4.78, 5) is 23.9. The molecule has 1 aromatic carbocycles. The van der Waals surface area contributed by atoms with E-state index in [1.807, 2.05) is 11.4 Å². The van der Waals surface area contributed by atoms with E-state index in [0.29, 0.717) is 22.9 Å². The Morgan fingerprint density at radius 1 is 1.19 bits per heavy atom. The van der Waals surface area contributed by atoms with Gasteiger partial charge in [0.2, 0.25) is 0 Å². The van der Waals surface area contributed by atoms with Gasteiger partial charge in [0, 0.05) is 12.3 Å². The third-order valence-electron chi connectivity index (χ3n) is 2.51. The molecule has 0 aliphatic carbocycles. The van der Waals surface area contributed by atoms with Crippen LogP contribution in [-0.2, 0) is 9.53 Å². The van der Waals surface area contributed by atoms with Crippen molar-refractivity contribution >= 4 is 28.9 Å². The Balaban J connectivity index is 1.90. The molecule has 0 radical (unpaired) electrons. The molecular formula is C15H15NO4S. The van der Waals surface area contributed by atoms with Gasteiger partial charge in [0.05, 0.1) is 4.88 Å². The first-order valence-corrected chi connectivity index (χ1v) is 7.30. The topological polar surface area (TPSA) is 64.6 Å². The molecule has 0 atom stereocenters. The highest BCUT2D eigenvalue weighted by Gasteiger charge is 2.08. The van der Waals surface area contributed by atoms with Crippen LogP contribution in [0.3, 0.4) is 0 Å². The molecule has 0 saturated carbocycles. The Kier molecular flexibility index (Phi) is 5.48. The molecule has 2 aromatic rings. The first-order valence-electron chi connectivity index (χ1n) is 6.42. The van der Waals surface area contributed by atoms with Crippen molar-refractivity contribution in [2.24, 2.45) is 0 Å². The molecule has 110 valence electrons. The highest BCUT2D eigenvalue weighted by molar-refractivity contribution is 7.12. The molecule has 1 amide bonds. The quantitative estimate of drug-likeness (QED) is 0.658. The van der Waals surface area contributed by atoms with Crippen molar-refractivity contribution in [2.45, 2.75) is 6.92 Å². The Labute approximate surface area is 126 Å². The summed E-state index contributed by atoms with van der Waals surface area (Å²) in [6, 6.07) is 10.2. The highest BCUT2D eigenvalue weighted by atomic mass is 32.1. The molecule has 1 heterocycles. The van der Waals surface area contributed by atoms with Crippen molar-refractivity contribution in [2.75, 3.05) is 18.5 Å². The summed E-state index contributed by atoms with van der Waals surface area (Å²) in [5, 5.41) is 4.61. The van der Waals surface area contributed by atoms with Gasteiger partial charge in [-0.1, -0.05) is 6.07 Å². The zero-order valence-corrected chi connectivity index (χ0v) is 12.3. The van der Waals surface area contributed by atoms with Gasteiger partial charge in [-0.2, -0.15) is 0 Å². The first-order chi connectivity index (χ1) is 10.2. The number of thiophene rings is 1. The van der Waals surface area contributed by atoms with Crippen molar-refractivity contribution in [3.8, 4) is 5.75 Å². The molecule has 0 bridgehead atoms. The van der Waals surface area contributed by atoms with E-state index >= 15 is 0 Å². The molecule has 1 aromatic heterocycles. The van der Waals surface area contributed by atoms with Gasteiger partial charge >= 0.3 is 5.97 Å². The van der Waals surface area contributed by atoms with Gasteiger partial charge in [-0.25, -0.2) is 4.79 Å². The number of esters is 1. The Hall–Kier alpha value is -2.18. The van der Waals surface area contributed by atoms with Crippen molar-refractivity contribution in [3.63, 3.8) is 0 Å². The first kappa shape index (κ1) is 15.2. The molecule has 0 aliphatic rings. The fraction of sp³-hybridized carbons (Fsp3) is 0.200. The molecular weight excluding hydrogens is 290 g/mol. The molecule has 0 aliphatic heterocycles. The van der Waals surface area contributed by atoms with E-state index < -0.39 is 5.97 Å². The fourth-order valence-corrected chi connectivity index (χ4v) is 2.17. The number of nitrogens with one attached hydrogen (secondary N) is 1. The Bertz CT molecular complexity index is 593. The SMILES string of the molecule is CCOCC(=O)Oc1ccc(NC(=O)c2cccs2)cc1. The van der Waals surface area contributed by atoms with Gasteiger partial charge in [-0.05, 0) is 42.6 Å². The molecule has 5 nitrogen and oxygen atoms in total. The third-order valence-corrected chi connectivity index (χ3v) is 3.38. The van der Waals surface area contributed by atoms with Crippen LogP contribution < -0.4 is 10.1 Å². The number of benzene rings is 1. The van der Waals surface area contributed by atoms with Gasteiger partial charge in [0.15, 0.2) is 0 Å². The number of rotatable bonds is 6. The van der Waals surface area contributed by atoms with Crippen LogP contribution in [0, 0.1) is 0 Å². The Morgan fingerprint density at radius 3 is 2.57 bits per heavy atom. The van der Waals surface area contributed by atoms with Gasteiger partial charge < -0.3 is 14.8 Å². The monoisotopic (exact) mass is 305 g/mol. The Morgan fingerprint density at radius 2 is 1.95 bits per heavy atom. The van der Waals surface area contributed by atoms with Crippen LogP contribution in [0.2, 0.25) is 0 Å². The van der Waals surface area contributed by atoms with Crippen LogP contribution in [0.5, 0.6) is 5.75 Å². The second-order valence-electron chi connectivity index (χ2n) is 4.07. The van der Waals surface area contributed by atoms with Crippen LogP contribution in [0.15, 0.2) is 41.8 Å². The predicted octanol–water partition coefficient (Wildman–Crippen LogP) is 2.94. The lowest BCUT2D eigenvalue weighted by Crippen LogP contribution is -2.15. The van der Waals surface area contributed by atoms with Gasteiger partial charge in [0.1, 0.15) is 12.4 Å². The lowest BCUT2D eigenvalue weighted by atomic mass is 10.3. The lowest BCUT2D eigenvalue weighted by Gasteiger charge is -2.06. The minimum atomic E-state index is -0.452. The summed E-state index contributed by atoms with van der Waals surface area (Å²) in [7, 11) is 0. The average molecular weight is 305 g/mol. The number of hydrogen-bond donors (Lipinski definition) is 1. The van der Waals surface area contributed by atoms with Crippen molar-refractivity contribution in [1.29, 1.82) is 0 Å². The summed E-state index contributed by atoms with van der Waals surface area (Å²) >= 11 is 1.37. The number of ether oxygens (including phenoxy) is 2. The van der Waals surface area contributed by atoms with Crippen LogP contribution in [0.1, 0.15) is 16.6 Å². The zero-order chi connectivity index (χ0) is 15.1. The average Bonchev–Trinajstić information content (AvgIpc) is 3.01. The maximum Gasteiger partial charge on any atom is 0.337 e. The maximum atomic E-state index is 11.9. The van der Waals surface area contributed by atoms with Crippen LogP contribution in [-0.4, -0.2) is 25.1 Å². The van der Waals surface area contributed by atoms with Crippen molar-refractivity contribution < 1.29 is 19.1 Å². The van der Waals surface area contributed by atoms with E-state index in [-0.39, 0.29) is 12.5 Å². The number of hydrogen-bond acceptors (Lipinski definition) is 5. The number of amides is 1. The summed E-state index contributed by atoms with van der Waals surface area (Å²) in [6.07, 6.45) is 0. The van der Waals surface area contributed by atoms with E-state index in [0.717, 1.165) is 0 Å². The summed E-state index contributed by atoms with van der Waals surface area (Å²) in [5.41, 5.74) is 0.637. The number of carbonyl (C=O) groups excluding carboxylic acids is 2. The number of carbonyl (C=O) groups is 2. The predicted molar refractivity (Wildman–Crippen MR) is 80.8 cm³/mol. The zero-order valence-electron chi connectivity index (χ0n) is 11.5. The van der Waals surface area contributed by atoms with E-state index in [4.69, 9.17) is 9.47 Å². The normalized spacial score (nSPS) is 10.1. The van der Waals surface area contributed by atoms with Crippen LogP contribution in [0.4, 0.5) is 5.69 Å². The molecule has 1 N–H and O–H groups in total. The van der Waals surface area contributed by atoms with Crippen molar-refractivity contribution in [3.05, 3.63) is 46.7 Å². The highest BCUT2D eigenvalue weighted by Crippen LogP contribution is 2.17. The van der Waals surface area contributed by atoms with Crippen molar-refractivity contribution in [1.82, 2.24) is 0 Å². The van der Waals surface area contributed by atoms with Gasteiger partial charge in [0.25, 0.3) is 5.91 Å². The van der Waals surface area contributed by atoms with E-state index in [1.54, 1.807) is 37.3 Å². The van der Waals surface area contributed by atoms with Gasteiger partial charge in [-0.15, -0.1) is 11.3 Å². The fourth-order valence-electron chi connectivity index (χ4n) is 1.55. The van der Waals surface area contributed by atoms with Crippen LogP contribution >= 0.6 is 11.3 Å². The molecule has 21 heavy (non-hydrogen) atoms. The second-order valence-corrected chi connectivity index (χ2v) is 5.01. The smallest absolute Gasteiger partial charge is 0.337 e. The largest absolute Gasteiger partial charge is 0.425 e. The molecule has 2 rings (SSSR count). The van der Waals surface area contributed by atoms with Crippen LogP contribution in [0.25, 0.3) is 0 Å². The van der Waals surface area contributed by atoms with E-state index in [2.05, 4.69) is 5.32 Å². The molecule has 6 heteroatoms.